The van der Waals surface area contributed by atoms with Crippen molar-refractivity contribution >= 4 is 21.5 Å². The molecule has 1 aliphatic carbocycles. The van der Waals surface area contributed by atoms with E-state index in [4.69, 9.17) is 4.74 Å². The van der Waals surface area contributed by atoms with Gasteiger partial charge in [-0.05, 0) is 31.9 Å². The summed E-state index contributed by atoms with van der Waals surface area (Å²) in [6.45, 7) is 1.99. The highest BCUT2D eigenvalue weighted by molar-refractivity contribution is 7.92. The molecule has 0 N–H and O–H groups in total. The molecule has 0 atom stereocenters. The number of carbonyl (C=O) groups excluding carboxylic acids is 1. The van der Waals surface area contributed by atoms with E-state index in [0.717, 1.165) is 12.8 Å². The molecule has 0 bridgehead atoms. The first-order chi connectivity index (χ1) is 9.52. The van der Waals surface area contributed by atoms with Crippen LogP contribution in [-0.4, -0.2) is 35.6 Å². The number of nitrogens with zero attached hydrogens (tertiary/aromatic N) is 2. The third-order valence-electron chi connectivity index (χ3n) is 3.20. The minimum absolute atomic E-state index is 0.174. The SMILES string of the molecule is CCOC(=O)c1cn2cc(S(=O)(=O)C3CC3)ccc2n1. The molecule has 106 valence electrons. The van der Waals surface area contributed by atoms with Gasteiger partial charge in [0, 0.05) is 12.4 Å². The molecule has 0 saturated heterocycles. The van der Waals surface area contributed by atoms with Crippen molar-refractivity contribution in [1.82, 2.24) is 9.38 Å². The lowest BCUT2D eigenvalue weighted by Gasteiger charge is -2.02. The third-order valence-corrected chi connectivity index (χ3v) is 5.45. The quantitative estimate of drug-likeness (QED) is 0.797. The van der Waals surface area contributed by atoms with Crippen molar-refractivity contribution in [2.45, 2.75) is 29.9 Å². The molecule has 6 nitrogen and oxygen atoms in total. The molecule has 2 aromatic heterocycles. The average Bonchev–Trinajstić information content (AvgIpc) is 3.18. The van der Waals surface area contributed by atoms with E-state index in [2.05, 4.69) is 4.98 Å². The van der Waals surface area contributed by atoms with Crippen molar-refractivity contribution in [2.75, 3.05) is 6.61 Å². The van der Waals surface area contributed by atoms with Gasteiger partial charge in [0.15, 0.2) is 15.5 Å². The van der Waals surface area contributed by atoms with Crippen LogP contribution >= 0.6 is 0 Å². The van der Waals surface area contributed by atoms with Crippen LogP contribution in [0.1, 0.15) is 30.3 Å². The third kappa shape index (κ3) is 2.18. The fourth-order valence-electron chi connectivity index (χ4n) is 2.01. The van der Waals surface area contributed by atoms with Gasteiger partial charge in [0.2, 0.25) is 0 Å². The van der Waals surface area contributed by atoms with Crippen molar-refractivity contribution in [3.8, 4) is 0 Å². The molecular weight excluding hydrogens is 280 g/mol. The maximum atomic E-state index is 12.2. The van der Waals surface area contributed by atoms with Crippen LogP contribution in [-0.2, 0) is 14.6 Å². The van der Waals surface area contributed by atoms with E-state index in [-0.39, 0.29) is 22.4 Å². The molecular formula is C13H14N2O4S. The fraction of sp³-hybridized carbons (Fsp3) is 0.385. The summed E-state index contributed by atoms with van der Waals surface area (Å²) in [6, 6.07) is 3.13. The Bertz CT molecular complexity index is 775. The summed E-state index contributed by atoms with van der Waals surface area (Å²) in [6.07, 6.45) is 4.43. The number of fused-ring (bicyclic) bond motifs is 1. The zero-order chi connectivity index (χ0) is 14.3. The van der Waals surface area contributed by atoms with Crippen molar-refractivity contribution in [2.24, 2.45) is 0 Å². The van der Waals surface area contributed by atoms with E-state index in [1.54, 1.807) is 17.4 Å². The van der Waals surface area contributed by atoms with Crippen LogP contribution in [0.15, 0.2) is 29.4 Å². The summed E-state index contributed by atoms with van der Waals surface area (Å²) in [7, 11) is -3.24. The zero-order valence-electron chi connectivity index (χ0n) is 10.9. The summed E-state index contributed by atoms with van der Waals surface area (Å²) >= 11 is 0. The first kappa shape index (κ1) is 13.1. The van der Waals surface area contributed by atoms with Crippen LogP contribution in [0.25, 0.3) is 5.65 Å². The summed E-state index contributed by atoms with van der Waals surface area (Å²) in [5.74, 6) is -0.511. The predicted octanol–water partition coefficient (Wildman–Crippen LogP) is 1.45. The van der Waals surface area contributed by atoms with E-state index in [1.807, 2.05) is 0 Å². The minimum Gasteiger partial charge on any atom is -0.461 e. The summed E-state index contributed by atoms with van der Waals surface area (Å²) < 4.78 is 30.7. The molecule has 2 heterocycles. The van der Waals surface area contributed by atoms with Crippen molar-refractivity contribution in [3.63, 3.8) is 0 Å². The number of hydrogen-bond donors (Lipinski definition) is 0. The van der Waals surface area contributed by atoms with Crippen molar-refractivity contribution in [3.05, 3.63) is 30.2 Å². The molecule has 3 rings (SSSR count). The molecule has 1 fully saturated rings. The zero-order valence-corrected chi connectivity index (χ0v) is 11.8. The van der Waals surface area contributed by atoms with Gasteiger partial charge in [-0.1, -0.05) is 0 Å². The number of rotatable bonds is 4. The first-order valence-corrected chi connectivity index (χ1v) is 7.97. The summed E-state index contributed by atoms with van der Waals surface area (Å²) in [5.41, 5.74) is 0.690. The van der Waals surface area contributed by atoms with Crippen molar-refractivity contribution < 1.29 is 17.9 Å². The van der Waals surface area contributed by atoms with Gasteiger partial charge in [-0.25, -0.2) is 18.2 Å². The summed E-state index contributed by atoms with van der Waals surface area (Å²) in [4.78, 5) is 16.0. The smallest absolute Gasteiger partial charge is 0.358 e. The predicted molar refractivity (Wildman–Crippen MR) is 71.4 cm³/mol. The van der Waals surface area contributed by atoms with Gasteiger partial charge in [0.1, 0.15) is 5.65 Å². The normalized spacial score (nSPS) is 15.4. The number of ether oxygens (including phenoxy) is 1. The monoisotopic (exact) mass is 294 g/mol. The average molecular weight is 294 g/mol. The van der Waals surface area contributed by atoms with Crippen LogP contribution in [0.2, 0.25) is 0 Å². The number of pyridine rings is 1. The molecule has 0 radical (unpaired) electrons. The number of imidazole rings is 1. The van der Waals surface area contributed by atoms with E-state index in [0.29, 0.717) is 5.65 Å². The number of hydrogen-bond acceptors (Lipinski definition) is 5. The van der Waals surface area contributed by atoms with Gasteiger partial charge in [0.05, 0.1) is 16.8 Å². The Morgan fingerprint density at radius 3 is 2.80 bits per heavy atom. The second-order valence-electron chi connectivity index (χ2n) is 4.72. The maximum Gasteiger partial charge on any atom is 0.358 e. The van der Waals surface area contributed by atoms with Crippen LogP contribution in [0, 0.1) is 0 Å². The Labute approximate surface area is 116 Å². The topological polar surface area (TPSA) is 77.7 Å². The molecule has 1 aliphatic rings. The van der Waals surface area contributed by atoms with Crippen LogP contribution in [0.3, 0.4) is 0 Å². The Morgan fingerprint density at radius 1 is 1.40 bits per heavy atom. The van der Waals surface area contributed by atoms with Gasteiger partial charge < -0.3 is 9.14 Å². The molecule has 0 aliphatic heterocycles. The fourth-order valence-corrected chi connectivity index (χ4v) is 3.67. The lowest BCUT2D eigenvalue weighted by atomic mass is 10.5. The number of esters is 1. The van der Waals surface area contributed by atoms with E-state index < -0.39 is 15.8 Å². The molecule has 0 aromatic carbocycles. The van der Waals surface area contributed by atoms with Gasteiger partial charge in [-0.3, -0.25) is 0 Å². The highest BCUT2D eigenvalue weighted by Crippen LogP contribution is 2.33. The Hall–Kier alpha value is -1.89. The molecule has 0 amide bonds. The van der Waals surface area contributed by atoms with Crippen LogP contribution in [0.5, 0.6) is 0 Å². The van der Waals surface area contributed by atoms with Gasteiger partial charge >= 0.3 is 5.97 Å². The molecule has 1 saturated carbocycles. The molecule has 2 aromatic rings. The van der Waals surface area contributed by atoms with Gasteiger partial charge in [0.25, 0.3) is 0 Å². The maximum absolute atomic E-state index is 12.2. The highest BCUT2D eigenvalue weighted by Gasteiger charge is 2.37. The second-order valence-corrected chi connectivity index (χ2v) is 6.95. The molecule has 20 heavy (non-hydrogen) atoms. The van der Waals surface area contributed by atoms with E-state index >= 15 is 0 Å². The van der Waals surface area contributed by atoms with Gasteiger partial charge in [-0.2, -0.15) is 0 Å². The van der Waals surface area contributed by atoms with Crippen LogP contribution in [0.4, 0.5) is 0 Å². The lowest BCUT2D eigenvalue weighted by Crippen LogP contribution is -2.07. The van der Waals surface area contributed by atoms with E-state index in [9.17, 15) is 13.2 Å². The highest BCUT2D eigenvalue weighted by atomic mass is 32.2. The standard InChI is InChI=1S/C13H14N2O4S/c1-2-19-13(16)11-8-15-7-10(5-6-12(15)14-11)20(17,18)9-3-4-9/h5-9H,2-4H2,1H3. The lowest BCUT2D eigenvalue weighted by molar-refractivity contribution is 0.0520. The molecule has 0 spiro atoms. The van der Waals surface area contributed by atoms with Crippen molar-refractivity contribution in [1.29, 1.82) is 0 Å². The Kier molecular flexibility index (Phi) is 3.01. The molecule has 7 heteroatoms. The molecule has 0 unspecified atom stereocenters. The Balaban J connectivity index is 2.01. The second kappa shape index (κ2) is 4.59. The van der Waals surface area contributed by atoms with E-state index in [1.165, 1.54) is 18.5 Å². The summed E-state index contributed by atoms with van der Waals surface area (Å²) in [5, 5.41) is -0.256. The number of aromatic nitrogens is 2. The van der Waals surface area contributed by atoms with Crippen LogP contribution < -0.4 is 0 Å². The largest absolute Gasteiger partial charge is 0.461 e. The Morgan fingerprint density at radius 2 is 2.15 bits per heavy atom. The minimum atomic E-state index is -3.24. The van der Waals surface area contributed by atoms with Gasteiger partial charge in [-0.15, -0.1) is 0 Å². The number of carbonyl (C=O) groups is 1. The number of sulfone groups is 1. The first-order valence-electron chi connectivity index (χ1n) is 6.42.